The van der Waals surface area contributed by atoms with E-state index in [1.54, 1.807) is 37.4 Å². The van der Waals surface area contributed by atoms with Crippen LogP contribution in [0.2, 0.25) is 0 Å². The van der Waals surface area contributed by atoms with Crippen LogP contribution < -0.4 is 14.8 Å². The molecule has 0 unspecified atom stereocenters. The number of hydrogen-bond acceptors (Lipinski definition) is 5. The molecule has 0 bridgehead atoms. The topological polar surface area (TPSA) is 63.7 Å². The van der Waals surface area contributed by atoms with E-state index in [0.29, 0.717) is 30.3 Å². The Balaban J connectivity index is 1.79. The first-order valence-corrected chi connectivity index (χ1v) is 9.43. The van der Waals surface area contributed by atoms with Gasteiger partial charge in [-0.3, -0.25) is 9.78 Å². The quantitative estimate of drug-likeness (QED) is 0.612. The number of methoxy groups -OCH3 is 2. The molecule has 6 heteroatoms. The fourth-order valence-corrected chi connectivity index (χ4v) is 2.98. The lowest BCUT2D eigenvalue weighted by Crippen LogP contribution is -2.31. The van der Waals surface area contributed by atoms with Gasteiger partial charge in [-0.2, -0.15) is 0 Å². The summed E-state index contributed by atoms with van der Waals surface area (Å²) >= 11 is 0. The van der Waals surface area contributed by atoms with Crippen LogP contribution in [0.25, 0.3) is 0 Å². The Morgan fingerprint density at radius 1 is 1.03 bits per heavy atom. The van der Waals surface area contributed by atoms with E-state index < -0.39 is 0 Å². The van der Waals surface area contributed by atoms with Gasteiger partial charge in [-0.15, -0.1) is 0 Å². The molecule has 0 atom stereocenters. The van der Waals surface area contributed by atoms with Crippen LogP contribution in [0.1, 0.15) is 23.0 Å². The highest BCUT2D eigenvalue weighted by atomic mass is 16.5. The minimum Gasteiger partial charge on any atom is -0.497 e. The van der Waals surface area contributed by atoms with Gasteiger partial charge in [0.15, 0.2) is 0 Å². The number of rotatable bonds is 8. The maximum absolute atomic E-state index is 13.0. The summed E-state index contributed by atoms with van der Waals surface area (Å²) in [4.78, 5) is 19.0. The highest BCUT2D eigenvalue weighted by Gasteiger charge is 2.16. The lowest BCUT2D eigenvalue weighted by Gasteiger charge is -2.21. The summed E-state index contributed by atoms with van der Waals surface area (Å²) in [5, 5.41) is 3.29. The Kier molecular flexibility index (Phi) is 6.68. The maximum atomic E-state index is 13.0. The van der Waals surface area contributed by atoms with Crippen LogP contribution >= 0.6 is 0 Å². The average molecular weight is 391 g/mol. The molecular formula is C23H25N3O3. The number of benzene rings is 2. The molecule has 0 aliphatic rings. The molecule has 2 aromatic carbocycles. The smallest absolute Gasteiger partial charge is 0.272 e. The number of aromatic nitrogens is 1. The van der Waals surface area contributed by atoms with E-state index in [9.17, 15) is 4.79 Å². The number of carbonyl (C=O) groups is 1. The Morgan fingerprint density at radius 3 is 2.52 bits per heavy atom. The normalized spacial score (nSPS) is 10.3. The van der Waals surface area contributed by atoms with Crippen molar-refractivity contribution in [1.82, 2.24) is 9.88 Å². The van der Waals surface area contributed by atoms with Gasteiger partial charge in [0.2, 0.25) is 0 Å². The third-order valence-electron chi connectivity index (χ3n) is 4.55. The molecule has 150 valence electrons. The molecule has 0 aliphatic carbocycles. The van der Waals surface area contributed by atoms with Gasteiger partial charge >= 0.3 is 0 Å². The van der Waals surface area contributed by atoms with Crippen LogP contribution in [-0.2, 0) is 6.54 Å². The van der Waals surface area contributed by atoms with Crippen molar-refractivity contribution in [2.75, 3.05) is 26.1 Å². The molecule has 29 heavy (non-hydrogen) atoms. The maximum Gasteiger partial charge on any atom is 0.272 e. The second-order valence-electron chi connectivity index (χ2n) is 6.43. The molecule has 0 fully saturated rings. The summed E-state index contributed by atoms with van der Waals surface area (Å²) in [7, 11) is 3.21. The molecule has 1 heterocycles. The lowest BCUT2D eigenvalue weighted by molar-refractivity contribution is 0.0746. The number of nitrogens with zero attached hydrogens (tertiary/aromatic N) is 2. The van der Waals surface area contributed by atoms with Gasteiger partial charge in [0.25, 0.3) is 5.91 Å². The molecule has 0 aliphatic heterocycles. The highest BCUT2D eigenvalue weighted by molar-refractivity contribution is 5.93. The Morgan fingerprint density at radius 2 is 1.83 bits per heavy atom. The minimum atomic E-state index is -0.110. The Bertz CT molecular complexity index is 961. The van der Waals surface area contributed by atoms with Gasteiger partial charge in [0.05, 0.1) is 19.9 Å². The van der Waals surface area contributed by atoms with Crippen molar-refractivity contribution < 1.29 is 14.3 Å². The number of ether oxygens (including phenoxy) is 2. The third kappa shape index (κ3) is 5.04. The Hall–Kier alpha value is -3.54. The van der Waals surface area contributed by atoms with Crippen LogP contribution in [0.5, 0.6) is 11.5 Å². The highest BCUT2D eigenvalue weighted by Crippen LogP contribution is 2.31. The average Bonchev–Trinajstić information content (AvgIpc) is 2.78. The van der Waals surface area contributed by atoms with Crippen molar-refractivity contribution in [3.8, 4) is 11.5 Å². The van der Waals surface area contributed by atoms with Gasteiger partial charge in [-0.25, -0.2) is 0 Å². The molecule has 0 saturated carbocycles. The monoisotopic (exact) mass is 391 g/mol. The number of carbonyl (C=O) groups excluding carboxylic acids is 1. The number of nitrogens with one attached hydrogen (secondary N) is 1. The largest absolute Gasteiger partial charge is 0.497 e. The van der Waals surface area contributed by atoms with E-state index in [-0.39, 0.29) is 5.91 Å². The zero-order valence-corrected chi connectivity index (χ0v) is 16.9. The minimum absolute atomic E-state index is 0.110. The summed E-state index contributed by atoms with van der Waals surface area (Å²) in [5.74, 6) is 1.24. The van der Waals surface area contributed by atoms with Crippen molar-refractivity contribution in [3.05, 3.63) is 78.1 Å². The molecule has 0 radical (unpaired) electrons. The van der Waals surface area contributed by atoms with E-state index in [4.69, 9.17) is 9.47 Å². The summed E-state index contributed by atoms with van der Waals surface area (Å²) < 4.78 is 10.7. The number of pyridine rings is 1. The molecule has 1 aromatic heterocycles. The Labute approximate surface area is 171 Å². The van der Waals surface area contributed by atoms with Crippen molar-refractivity contribution in [2.24, 2.45) is 0 Å². The van der Waals surface area contributed by atoms with Gasteiger partial charge in [0, 0.05) is 31.0 Å². The van der Waals surface area contributed by atoms with E-state index in [2.05, 4.69) is 10.3 Å². The van der Waals surface area contributed by atoms with Crippen LogP contribution in [0.4, 0.5) is 11.4 Å². The van der Waals surface area contributed by atoms with Gasteiger partial charge < -0.3 is 19.7 Å². The molecule has 0 saturated heterocycles. The second kappa shape index (κ2) is 9.59. The fraction of sp³-hybridized carbons (Fsp3) is 0.217. The summed E-state index contributed by atoms with van der Waals surface area (Å²) in [6.45, 7) is 3.10. The van der Waals surface area contributed by atoms with Crippen molar-refractivity contribution in [1.29, 1.82) is 0 Å². The molecule has 1 amide bonds. The van der Waals surface area contributed by atoms with E-state index in [1.165, 1.54) is 0 Å². The lowest BCUT2D eigenvalue weighted by atomic mass is 10.2. The zero-order chi connectivity index (χ0) is 20.6. The number of hydrogen-bond donors (Lipinski definition) is 1. The molecule has 1 N–H and O–H groups in total. The number of anilines is 2. The predicted molar refractivity (Wildman–Crippen MR) is 114 cm³/mol. The van der Waals surface area contributed by atoms with Crippen LogP contribution in [0, 0.1) is 0 Å². The van der Waals surface area contributed by atoms with Crippen molar-refractivity contribution in [3.63, 3.8) is 0 Å². The van der Waals surface area contributed by atoms with Crippen LogP contribution in [0.15, 0.2) is 66.9 Å². The first kappa shape index (κ1) is 20.2. The standard InChI is InChI=1S/C23H25N3O3/c1-4-26(16-17-8-6-5-7-9-17)23(27)21-14-18(12-13-24-21)25-20-11-10-19(28-2)15-22(20)29-3/h5-15H,4,16H2,1-3H3,(H,24,25). The number of amides is 1. The van der Waals surface area contributed by atoms with Gasteiger partial charge in [-0.05, 0) is 36.8 Å². The predicted octanol–water partition coefficient (Wildman–Crippen LogP) is 4.50. The summed E-state index contributed by atoms with van der Waals surface area (Å²) in [6.07, 6.45) is 1.63. The first-order chi connectivity index (χ1) is 14.1. The molecule has 3 rings (SSSR count). The van der Waals surface area contributed by atoms with Crippen LogP contribution in [0.3, 0.4) is 0 Å². The van der Waals surface area contributed by atoms with E-state index in [1.807, 2.05) is 55.5 Å². The van der Waals surface area contributed by atoms with Gasteiger partial charge in [-0.1, -0.05) is 30.3 Å². The summed E-state index contributed by atoms with van der Waals surface area (Å²) in [6, 6.07) is 19.0. The van der Waals surface area contributed by atoms with Gasteiger partial charge in [0.1, 0.15) is 17.2 Å². The first-order valence-electron chi connectivity index (χ1n) is 9.43. The molecule has 0 spiro atoms. The third-order valence-corrected chi connectivity index (χ3v) is 4.55. The van der Waals surface area contributed by atoms with Crippen LogP contribution in [-0.4, -0.2) is 36.6 Å². The second-order valence-corrected chi connectivity index (χ2v) is 6.43. The van der Waals surface area contributed by atoms with Crippen molar-refractivity contribution in [2.45, 2.75) is 13.5 Å². The zero-order valence-electron chi connectivity index (χ0n) is 16.9. The van der Waals surface area contributed by atoms with E-state index >= 15 is 0 Å². The summed E-state index contributed by atoms with van der Waals surface area (Å²) in [5.41, 5.74) is 3.00. The SMILES string of the molecule is CCN(Cc1ccccc1)C(=O)c1cc(Nc2ccc(OC)cc2OC)ccn1. The molecule has 6 nitrogen and oxygen atoms in total. The molecule has 3 aromatic rings. The fourth-order valence-electron chi connectivity index (χ4n) is 2.98. The van der Waals surface area contributed by atoms with E-state index in [0.717, 1.165) is 16.9 Å². The molecular weight excluding hydrogens is 366 g/mol. The van der Waals surface area contributed by atoms with Crippen molar-refractivity contribution >= 4 is 17.3 Å².